The normalized spacial score (nSPS) is 29.9. The van der Waals surface area contributed by atoms with E-state index in [1.807, 2.05) is 0 Å². The Bertz CT molecular complexity index is 425. The molecule has 0 saturated carbocycles. The van der Waals surface area contributed by atoms with Crippen molar-refractivity contribution in [1.29, 1.82) is 10.5 Å². The Hall–Kier alpha value is -1.10. The van der Waals surface area contributed by atoms with Gasteiger partial charge in [0.2, 0.25) is 0 Å². The van der Waals surface area contributed by atoms with Gasteiger partial charge in [-0.05, 0) is 71.9 Å². The number of nitrogens with zero attached hydrogens (tertiary/aromatic N) is 4. The van der Waals surface area contributed by atoms with E-state index >= 15 is 0 Å². The molecule has 0 N–H and O–H groups in total. The minimum atomic E-state index is 0.109. The van der Waals surface area contributed by atoms with Crippen molar-refractivity contribution in [2.45, 2.75) is 71.0 Å². The molecule has 0 aromatic carbocycles. The van der Waals surface area contributed by atoms with Crippen LogP contribution < -0.4 is 0 Å². The number of rotatable bonds is 4. The molecule has 4 heteroatoms. The van der Waals surface area contributed by atoms with Gasteiger partial charge in [0.15, 0.2) is 0 Å². The Kier molecular flexibility index (Phi) is 6.24. The molecule has 122 valence electrons. The molecule has 3 atom stereocenters. The molecule has 2 saturated heterocycles. The second-order valence-electron chi connectivity index (χ2n) is 7.40. The van der Waals surface area contributed by atoms with Gasteiger partial charge in [-0.15, -0.1) is 0 Å². The standard InChI is InChI=1S/C18H30N4/c1-14(2)22-13-17(4-5-18(22)12-20)10-15(3)21-8-6-16(11-19)7-9-21/h14-18H,4-10,13H2,1-3H3. The Morgan fingerprint density at radius 2 is 1.68 bits per heavy atom. The van der Waals surface area contributed by atoms with Crippen LogP contribution in [-0.4, -0.2) is 47.6 Å². The van der Waals surface area contributed by atoms with Crippen LogP contribution in [-0.2, 0) is 0 Å². The third-order valence-electron chi connectivity index (χ3n) is 5.54. The lowest BCUT2D eigenvalue weighted by Crippen LogP contribution is -2.48. The smallest absolute Gasteiger partial charge is 0.0980 e. The average Bonchev–Trinajstić information content (AvgIpc) is 2.54. The Balaban J connectivity index is 1.83. The second-order valence-corrected chi connectivity index (χ2v) is 7.40. The zero-order valence-corrected chi connectivity index (χ0v) is 14.3. The minimum Gasteiger partial charge on any atom is -0.301 e. The van der Waals surface area contributed by atoms with Crippen LogP contribution >= 0.6 is 0 Å². The number of piperidine rings is 2. The maximum Gasteiger partial charge on any atom is 0.0980 e. The van der Waals surface area contributed by atoms with Crippen molar-refractivity contribution < 1.29 is 0 Å². The number of likely N-dealkylation sites (tertiary alicyclic amines) is 2. The van der Waals surface area contributed by atoms with Gasteiger partial charge >= 0.3 is 0 Å². The van der Waals surface area contributed by atoms with Gasteiger partial charge < -0.3 is 4.90 Å². The molecule has 3 unspecified atom stereocenters. The van der Waals surface area contributed by atoms with Crippen LogP contribution in [0, 0.1) is 34.5 Å². The molecule has 0 bridgehead atoms. The quantitative estimate of drug-likeness (QED) is 0.801. The highest BCUT2D eigenvalue weighted by atomic mass is 15.2. The fourth-order valence-corrected chi connectivity index (χ4v) is 4.08. The molecule has 2 rings (SSSR count). The van der Waals surface area contributed by atoms with Crippen molar-refractivity contribution in [3.05, 3.63) is 0 Å². The molecule has 0 aromatic heterocycles. The molecule has 2 fully saturated rings. The summed E-state index contributed by atoms with van der Waals surface area (Å²) in [5, 5.41) is 18.3. The largest absolute Gasteiger partial charge is 0.301 e. The first-order chi connectivity index (χ1) is 10.5. The Morgan fingerprint density at radius 3 is 2.23 bits per heavy atom. The lowest BCUT2D eigenvalue weighted by molar-refractivity contribution is 0.0752. The first-order valence-electron chi connectivity index (χ1n) is 8.84. The average molecular weight is 302 g/mol. The summed E-state index contributed by atoms with van der Waals surface area (Å²) in [6, 6.07) is 6.04. The molecular weight excluding hydrogens is 272 g/mol. The highest BCUT2D eigenvalue weighted by molar-refractivity contribution is 4.97. The molecule has 4 nitrogen and oxygen atoms in total. The highest BCUT2D eigenvalue weighted by Crippen LogP contribution is 2.29. The van der Waals surface area contributed by atoms with Crippen LogP contribution in [0.25, 0.3) is 0 Å². The summed E-state index contributed by atoms with van der Waals surface area (Å²) < 4.78 is 0. The Labute approximate surface area is 135 Å². The predicted octanol–water partition coefficient (Wildman–Crippen LogP) is 3.01. The van der Waals surface area contributed by atoms with Crippen molar-refractivity contribution in [3.63, 3.8) is 0 Å². The SMILES string of the molecule is CC(CC1CCC(C#N)N(C(C)C)C1)N1CCC(C#N)CC1. The Morgan fingerprint density at radius 1 is 1.00 bits per heavy atom. The third kappa shape index (κ3) is 4.22. The maximum atomic E-state index is 9.30. The maximum absolute atomic E-state index is 9.30. The lowest BCUT2D eigenvalue weighted by Gasteiger charge is -2.41. The van der Waals surface area contributed by atoms with Gasteiger partial charge in [0.05, 0.1) is 18.2 Å². The van der Waals surface area contributed by atoms with E-state index in [4.69, 9.17) is 5.26 Å². The number of hydrogen-bond donors (Lipinski definition) is 0. The second kappa shape index (κ2) is 7.95. The van der Waals surface area contributed by atoms with Crippen molar-refractivity contribution in [2.75, 3.05) is 19.6 Å². The molecule has 0 amide bonds. The fourth-order valence-electron chi connectivity index (χ4n) is 4.08. The molecule has 2 aliphatic rings. The molecule has 0 aliphatic carbocycles. The molecule has 0 radical (unpaired) electrons. The molecule has 0 spiro atoms. The van der Waals surface area contributed by atoms with Crippen LogP contribution in [0.15, 0.2) is 0 Å². The van der Waals surface area contributed by atoms with Crippen LogP contribution in [0.3, 0.4) is 0 Å². The summed E-state index contributed by atoms with van der Waals surface area (Å²) >= 11 is 0. The number of nitriles is 2. The molecule has 2 aliphatic heterocycles. The van der Waals surface area contributed by atoms with Crippen molar-refractivity contribution in [1.82, 2.24) is 9.80 Å². The number of hydrogen-bond acceptors (Lipinski definition) is 4. The summed E-state index contributed by atoms with van der Waals surface area (Å²) in [5.74, 6) is 0.974. The summed E-state index contributed by atoms with van der Waals surface area (Å²) in [7, 11) is 0. The first kappa shape index (κ1) is 17.3. The van der Waals surface area contributed by atoms with Crippen LogP contribution in [0.1, 0.15) is 52.9 Å². The van der Waals surface area contributed by atoms with Gasteiger partial charge in [-0.25, -0.2) is 0 Å². The molecule has 2 heterocycles. The topological polar surface area (TPSA) is 54.1 Å². The summed E-state index contributed by atoms with van der Waals surface area (Å²) in [5.41, 5.74) is 0. The zero-order chi connectivity index (χ0) is 16.1. The summed E-state index contributed by atoms with van der Waals surface area (Å²) in [6.45, 7) is 9.94. The first-order valence-corrected chi connectivity index (χ1v) is 8.84. The van der Waals surface area contributed by atoms with Gasteiger partial charge in [-0.1, -0.05) is 0 Å². The van der Waals surface area contributed by atoms with E-state index in [0.717, 1.165) is 38.9 Å². The van der Waals surface area contributed by atoms with E-state index in [0.29, 0.717) is 18.0 Å². The van der Waals surface area contributed by atoms with Gasteiger partial charge in [-0.3, -0.25) is 4.90 Å². The van der Waals surface area contributed by atoms with E-state index in [1.165, 1.54) is 12.8 Å². The minimum absolute atomic E-state index is 0.109. The molecule has 0 aromatic rings. The van der Waals surface area contributed by atoms with Gasteiger partial charge in [0.25, 0.3) is 0 Å². The van der Waals surface area contributed by atoms with E-state index in [9.17, 15) is 5.26 Å². The van der Waals surface area contributed by atoms with Crippen LogP contribution in [0.4, 0.5) is 0 Å². The van der Waals surface area contributed by atoms with Crippen molar-refractivity contribution in [3.8, 4) is 12.1 Å². The van der Waals surface area contributed by atoms with Gasteiger partial charge in [-0.2, -0.15) is 10.5 Å². The predicted molar refractivity (Wildman–Crippen MR) is 88.0 cm³/mol. The van der Waals surface area contributed by atoms with E-state index in [-0.39, 0.29) is 12.0 Å². The zero-order valence-electron chi connectivity index (χ0n) is 14.3. The van der Waals surface area contributed by atoms with Crippen molar-refractivity contribution >= 4 is 0 Å². The van der Waals surface area contributed by atoms with Crippen LogP contribution in [0.2, 0.25) is 0 Å². The molecule has 22 heavy (non-hydrogen) atoms. The van der Waals surface area contributed by atoms with Crippen LogP contribution in [0.5, 0.6) is 0 Å². The fraction of sp³-hybridized carbons (Fsp3) is 0.889. The molecular formula is C18H30N4. The highest BCUT2D eigenvalue weighted by Gasteiger charge is 2.32. The van der Waals surface area contributed by atoms with Crippen molar-refractivity contribution in [2.24, 2.45) is 11.8 Å². The third-order valence-corrected chi connectivity index (χ3v) is 5.54. The monoisotopic (exact) mass is 302 g/mol. The van der Waals surface area contributed by atoms with Gasteiger partial charge in [0, 0.05) is 24.5 Å². The van der Waals surface area contributed by atoms with E-state index in [1.54, 1.807) is 0 Å². The van der Waals surface area contributed by atoms with E-state index in [2.05, 4.69) is 42.7 Å². The van der Waals surface area contributed by atoms with Gasteiger partial charge in [0.1, 0.15) is 0 Å². The van der Waals surface area contributed by atoms with E-state index < -0.39 is 0 Å². The summed E-state index contributed by atoms with van der Waals surface area (Å²) in [6.07, 6.45) is 5.47. The summed E-state index contributed by atoms with van der Waals surface area (Å²) in [4.78, 5) is 4.94. The lowest BCUT2D eigenvalue weighted by atomic mass is 9.86.